The van der Waals surface area contributed by atoms with Crippen molar-refractivity contribution in [3.05, 3.63) is 28.3 Å². The first kappa shape index (κ1) is 21.4. The molecule has 1 saturated carbocycles. The molecule has 9 heteroatoms. The van der Waals surface area contributed by atoms with Crippen molar-refractivity contribution in [3.8, 4) is 0 Å². The Balaban J connectivity index is 1.62. The van der Waals surface area contributed by atoms with Crippen molar-refractivity contribution < 1.29 is 24.3 Å². The highest BCUT2D eigenvalue weighted by Crippen LogP contribution is 2.55. The van der Waals surface area contributed by atoms with Gasteiger partial charge in [0.05, 0.1) is 17.5 Å². The Bertz CT molecular complexity index is 1040. The SMILES string of the molecule is Cc1c(Cl)ccc2c1NC(=O)C21NC(CCC(=O)O)[C@H]2C(=O)N(C3CCCCC3)C(=O)[C@H]21. The normalized spacial score (nSPS) is 31.9. The number of likely N-dealkylation sites (tertiary alicyclic amines) is 1. The van der Waals surface area contributed by atoms with Gasteiger partial charge in [0.25, 0.3) is 0 Å². The Labute approximate surface area is 190 Å². The summed E-state index contributed by atoms with van der Waals surface area (Å²) < 4.78 is 0. The molecule has 3 heterocycles. The number of carbonyl (C=O) groups excluding carboxylic acids is 3. The van der Waals surface area contributed by atoms with E-state index in [4.69, 9.17) is 11.6 Å². The second-order valence-corrected chi connectivity index (χ2v) is 9.79. The molecule has 8 nitrogen and oxygen atoms in total. The van der Waals surface area contributed by atoms with Crippen LogP contribution in [0, 0.1) is 18.8 Å². The largest absolute Gasteiger partial charge is 0.481 e. The zero-order chi connectivity index (χ0) is 22.8. The molecular formula is C23H26ClN3O5. The number of nitrogens with one attached hydrogen (secondary N) is 2. The number of carbonyl (C=O) groups is 4. The smallest absolute Gasteiger partial charge is 0.303 e. The molecule has 3 amide bonds. The number of anilines is 1. The number of carboxylic acids is 1. The Hall–Kier alpha value is -2.45. The van der Waals surface area contributed by atoms with Gasteiger partial charge in [0.1, 0.15) is 5.54 Å². The summed E-state index contributed by atoms with van der Waals surface area (Å²) in [5.41, 5.74) is 0.449. The highest BCUT2D eigenvalue weighted by atomic mass is 35.5. The number of hydrogen-bond acceptors (Lipinski definition) is 5. The lowest BCUT2D eigenvalue weighted by atomic mass is 9.76. The van der Waals surface area contributed by atoms with E-state index in [0.717, 1.165) is 32.1 Å². The zero-order valence-electron chi connectivity index (χ0n) is 17.8. The number of hydrogen-bond donors (Lipinski definition) is 3. The zero-order valence-corrected chi connectivity index (χ0v) is 18.6. The monoisotopic (exact) mass is 459 g/mol. The minimum atomic E-state index is -1.41. The summed E-state index contributed by atoms with van der Waals surface area (Å²) in [7, 11) is 0. The molecule has 1 spiro atoms. The number of fused-ring (bicyclic) bond motifs is 4. The van der Waals surface area contributed by atoms with Crippen molar-refractivity contribution in [2.45, 2.75) is 69.5 Å². The predicted molar refractivity (Wildman–Crippen MR) is 116 cm³/mol. The third-order valence-electron chi connectivity index (χ3n) is 7.73. The Morgan fingerprint density at radius 2 is 1.91 bits per heavy atom. The van der Waals surface area contributed by atoms with Gasteiger partial charge in [0.15, 0.2) is 0 Å². The molecule has 32 heavy (non-hydrogen) atoms. The first-order chi connectivity index (χ1) is 15.3. The van der Waals surface area contributed by atoms with Gasteiger partial charge in [-0.05, 0) is 37.8 Å². The van der Waals surface area contributed by atoms with E-state index in [-0.39, 0.29) is 30.7 Å². The van der Waals surface area contributed by atoms with Gasteiger partial charge in [0, 0.05) is 29.1 Å². The van der Waals surface area contributed by atoms with Gasteiger partial charge in [-0.25, -0.2) is 0 Å². The maximum absolute atomic E-state index is 13.8. The molecular weight excluding hydrogens is 434 g/mol. The third kappa shape index (κ3) is 2.85. The fraction of sp³-hybridized carbons (Fsp3) is 0.565. The number of amides is 3. The molecule has 2 saturated heterocycles. The van der Waals surface area contributed by atoms with Crippen LogP contribution in [0.4, 0.5) is 5.69 Å². The highest BCUT2D eigenvalue weighted by molar-refractivity contribution is 6.32. The first-order valence-corrected chi connectivity index (χ1v) is 11.6. The lowest BCUT2D eigenvalue weighted by Crippen LogP contribution is -2.54. The molecule has 3 fully saturated rings. The number of rotatable bonds is 4. The minimum absolute atomic E-state index is 0.151. The molecule has 2 unspecified atom stereocenters. The van der Waals surface area contributed by atoms with E-state index in [0.29, 0.717) is 21.8 Å². The molecule has 170 valence electrons. The molecule has 3 N–H and O–H groups in total. The number of halogens is 1. The number of carboxylic acid groups (broad SMARTS) is 1. The fourth-order valence-corrected chi connectivity index (χ4v) is 6.40. The van der Waals surface area contributed by atoms with E-state index in [1.807, 2.05) is 0 Å². The average Bonchev–Trinajstić information content (AvgIpc) is 3.35. The van der Waals surface area contributed by atoms with Gasteiger partial charge in [0.2, 0.25) is 17.7 Å². The number of nitrogens with zero attached hydrogens (tertiary/aromatic N) is 1. The van der Waals surface area contributed by atoms with Crippen molar-refractivity contribution in [2.75, 3.05) is 5.32 Å². The Morgan fingerprint density at radius 3 is 2.59 bits per heavy atom. The van der Waals surface area contributed by atoms with Crippen molar-refractivity contribution in [2.24, 2.45) is 11.8 Å². The molecule has 1 aromatic rings. The summed E-state index contributed by atoms with van der Waals surface area (Å²) in [6, 6.07) is 2.68. The molecule has 0 aromatic heterocycles. The average molecular weight is 460 g/mol. The van der Waals surface area contributed by atoms with Crippen molar-refractivity contribution in [3.63, 3.8) is 0 Å². The summed E-state index contributed by atoms with van der Waals surface area (Å²) >= 11 is 6.27. The number of benzene rings is 1. The number of imide groups is 1. The van der Waals surface area contributed by atoms with Crippen LogP contribution in [0.5, 0.6) is 0 Å². The van der Waals surface area contributed by atoms with Crippen molar-refractivity contribution >= 4 is 41.0 Å². The van der Waals surface area contributed by atoms with E-state index in [9.17, 15) is 24.3 Å². The summed E-state index contributed by atoms with van der Waals surface area (Å²) in [6.07, 6.45) is 4.56. The van der Waals surface area contributed by atoms with E-state index < -0.39 is 35.3 Å². The van der Waals surface area contributed by atoms with Gasteiger partial charge in [-0.3, -0.25) is 29.4 Å². The third-order valence-corrected chi connectivity index (χ3v) is 8.14. The molecule has 1 aromatic carbocycles. The lowest BCUT2D eigenvalue weighted by Gasteiger charge is -2.34. The topological polar surface area (TPSA) is 116 Å². The first-order valence-electron chi connectivity index (χ1n) is 11.2. The standard InChI is InChI=1S/C23H26ClN3O5/c1-11-14(24)8-7-13-19(11)25-22(32)23(13)18-17(15(26-23)9-10-16(28)29)20(30)27(21(18)31)12-5-3-2-4-6-12/h7-8,12,15,17-18,26H,2-6,9-10H2,1H3,(H,25,32)(H,28,29)/t15?,17-,18+,23?/m1/s1. The van der Waals surface area contributed by atoms with Crippen LogP contribution in [0.25, 0.3) is 0 Å². The summed E-state index contributed by atoms with van der Waals surface area (Å²) in [5, 5.41) is 15.9. The highest BCUT2D eigenvalue weighted by Gasteiger charge is 2.71. The second-order valence-electron chi connectivity index (χ2n) is 9.38. The second kappa shape index (κ2) is 7.56. The van der Waals surface area contributed by atoms with Gasteiger partial charge >= 0.3 is 5.97 Å². The summed E-state index contributed by atoms with van der Waals surface area (Å²) in [4.78, 5) is 53.5. The molecule has 1 aliphatic carbocycles. The summed E-state index contributed by atoms with van der Waals surface area (Å²) in [6.45, 7) is 1.80. The lowest BCUT2D eigenvalue weighted by molar-refractivity contribution is -0.146. The molecule has 4 aliphatic rings. The molecule has 4 atom stereocenters. The van der Waals surface area contributed by atoms with E-state index in [2.05, 4.69) is 10.6 Å². The van der Waals surface area contributed by atoms with Gasteiger partial charge in [-0.15, -0.1) is 0 Å². The van der Waals surface area contributed by atoms with Crippen molar-refractivity contribution in [1.82, 2.24) is 10.2 Å². The van der Waals surface area contributed by atoms with Crippen LogP contribution in [0.15, 0.2) is 12.1 Å². The van der Waals surface area contributed by atoms with Gasteiger partial charge in [-0.1, -0.05) is 36.9 Å². The van der Waals surface area contributed by atoms with Crippen LogP contribution in [-0.2, 0) is 24.7 Å². The Kier molecular flexibility index (Phi) is 5.05. The molecule has 5 rings (SSSR count). The molecule has 3 aliphatic heterocycles. The maximum atomic E-state index is 13.8. The quantitative estimate of drug-likeness (QED) is 0.596. The van der Waals surface area contributed by atoms with Crippen LogP contribution in [0.3, 0.4) is 0 Å². The van der Waals surface area contributed by atoms with Crippen molar-refractivity contribution in [1.29, 1.82) is 0 Å². The van der Waals surface area contributed by atoms with Crippen LogP contribution >= 0.6 is 11.6 Å². The number of aliphatic carboxylic acids is 1. The maximum Gasteiger partial charge on any atom is 0.303 e. The van der Waals surface area contributed by atoms with Crippen LogP contribution in [-0.4, -0.2) is 45.8 Å². The fourth-order valence-electron chi connectivity index (χ4n) is 6.24. The molecule has 0 bridgehead atoms. The Morgan fingerprint density at radius 1 is 1.19 bits per heavy atom. The van der Waals surface area contributed by atoms with Gasteiger partial charge in [-0.2, -0.15) is 0 Å². The minimum Gasteiger partial charge on any atom is -0.481 e. The molecule has 0 radical (unpaired) electrons. The predicted octanol–water partition coefficient (Wildman–Crippen LogP) is 2.57. The van der Waals surface area contributed by atoms with Crippen LogP contribution in [0.1, 0.15) is 56.1 Å². The van der Waals surface area contributed by atoms with Gasteiger partial charge < -0.3 is 10.4 Å². The van der Waals surface area contributed by atoms with E-state index in [1.54, 1.807) is 19.1 Å². The summed E-state index contributed by atoms with van der Waals surface area (Å²) in [5.74, 6) is -3.65. The van der Waals surface area contributed by atoms with Crippen LogP contribution in [0.2, 0.25) is 5.02 Å². The van der Waals surface area contributed by atoms with Crippen LogP contribution < -0.4 is 10.6 Å². The van der Waals surface area contributed by atoms with E-state index >= 15 is 0 Å². The van der Waals surface area contributed by atoms with E-state index in [1.165, 1.54) is 4.90 Å².